The molecule has 0 amide bonds. The van der Waals surface area contributed by atoms with Gasteiger partial charge in [-0.1, -0.05) is 27.2 Å². The van der Waals surface area contributed by atoms with Gasteiger partial charge in [0.15, 0.2) is 0 Å². The molecule has 0 radical (unpaired) electrons. The fourth-order valence-electron chi connectivity index (χ4n) is 2.29. The predicted molar refractivity (Wildman–Crippen MR) is 86.4 cm³/mol. The van der Waals surface area contributed by atoms with E-state index in [0.29, 0.717) is 11.8 Å². The van der Waals surface area contributed by atoms with Crippen LogP contribution >= 0.6 is 0 Å². The third-order valence-corrected chi connectivity index (χ3v) is 3.60. The first-order valence-electron chi connectivity index (χ1n) is 8.13. The van der Waals surface area contributed by atoms with E-state index in [4.69, 9.17) is 4.74 Å². The summed E-state index contributed by atoms with van der Waals surface area (Å²) >= 11 is 0. The highest BCUT2D eigenvalue weighted by Gasteiger charge is 2.11. The minimum Gasteiger partial charge on any atom is -0.473 e. The lowest BCUT2D eigenvalue weighted by atomic mass is 10.1. The van der Waals surface area contributed by atoms with Crippen molar-refractivity contribution in [1.29, 1.82) is 0 Å². The van der Waals surface area contributed by atoms with E-state index in [1.807, 2.05) is 10.7 Å². The molecule has 0 unspecified atom stereocenters. The van der Waals surface area contributed by atoms with Crippen molar-refractivity contribution in [3.63, 3.8) is 0 Å². The molecule has 0 bridgehead atoms. The lowest BCUT2D eigenvalue weighted by molar-refractivity contribution is 0.263. The number of halogens is 2. The molecule has 23 heavy (non-hydrogen) atoms. The Balaban J connectivity index is 2.11. The topological polar surface area (TPSA) is 27.1 Å². The molecule has 0 spiro atoms. The average molecular weight is 322 g/mol. The van der Waals surface area contributed by atoms with Gasteiger partial charge in [-0.25, -0.2) is 13.5 Å². The molecule has 0 fully saturated rings. The highest BCUT2D eigenvalue weighted by atomic mass is 19.1. The zero-order valence-electron chi connectivity index (χ0n) is 14.0. The van der Waals surface area contributed by atoms with Crippen molar-refractivity contribution >= 4 is 0 Å². The van der Waals surface area contributed by atoms with E-state index in [1.165, 1.54) is 0 Å². The molecule has 0 N–H and O–H groups in total. The molecular formula is C18H24F2N2O. The van der Waals surface area contributed by atoms with Gasteiger partial charge >= 0.3 is 0 Å². The van der Waals surface area contributed by atoms with Crippen molar-refractivity contribution in [2.24, 2.45) is 5.92 Å². The molecule has 0 atom stereocenters. The van der Waals surface area contributed by atoms with Crippen molar-refractivity contribution in [3.8, 4) is 5.88 Å². The van der Waals surface area contributed by atoms with Crippen LogP contribution in [-0.2, 0) is 19.6 Å². The number of aromatic nitrogens is 2. The quantitative estimate of drug-likeness (QED) is 0.702. The van der Waals surface area contributed by atoms with Crippen molar-refractivity contribution < 1.29 is 13.5 Å². The first-order valence-corrected chi connectivity index (χ1v) is 8.13. The molecule has 2 aromatic rings. The minimum absolute atomic E-state index is 0.0114. The van der Waals surface area contributed by atoms with Crippen LogP contribution in [0.15, 0.2) is 24.3 Å². The largest absolute Gasteiger partial charge is 0.473 e. The van der Waals surface area contributed by atoms with Crippen LogP contribution in [0.4, 0.5) is 8.78 Å². The van der Waals surface area contributed by atoms with E-state index in [1.54, 1.807) is 0 Å². The van der Waals surface area contributed by atoms with Crippen LogP contribution in [0, 0.1) is 17.6 Å². The van der Waals surface area contributed by atoms with Gasteiger partial charge in [-0.05, 0) is 37.0 Å². The average Bonchev–Trinajstić information content (AvgIpc) is 2.88. The SMILES string of the molecule is CCCc1cc(OCc2cc(F)ccc2F)n(CCC(C)C)n1. The fourth-order valence-corrected chi connectivity index (χ4v) is 2.29. The summed E-state index contributed by atoms with van der Waals surface area (Å²) in [7, 11) is 0. The summed E-state index contributed by atoms with van der Waals surface area (Å²) < 4.78 is 34.4. The monoisotopic (exact) mass is 322 g/mol. The summed E-state index contributed by atoms with van der Waals surface area (Å²) in [6.45, 7) is 7.14. The standard InChI is InChI=1S/C18H24F2N2O/c1-4-5-16-11-18(22(21-16)9-8-13(2)3)23-12-14-10-15(19)6-7-17(14)20/h6-7,10-11,13H,4-5,8-9,12H2,1-3H3. The van der Waals surface area contributed by atoms with Crippen LogP contribution in [0.2, 0.25) is 0 Å². The van der Waals surface area contributed by atoms with E-state index in [9.17, 15) is 8.78 Å². The van der Waals surface area contributed by atoms with E-state index in [-0.39, 0.29) is 12.2 Å². The summed E-state index contributed by atoms with van der Waals surface area (Å²) in [5.74, 6) is 0.235. The van der Waals surface area contributed by atoms with Crippen molar-refractivity contribution in [1.82, 2.24) is 9.78 Å². The minimum atomic E-state index is -0.468. The normalized spacial score (nSPS) is 11.2. The molecule has 0 aliphatic rings. The number of hydrogen-bond acceptors (Lipinski definition) is 2. The van der Waals surface area contributed by atoms with Gasteiger partial charge in [0.05, 0.1) is 5.69 Å². The Morgan fingerprint density at radius 1 is 1.22 bits per heavy atom. The van der Waals surface area contributed by atoms with Crippen molar-refractivity contribution in [3.05, 3.63) is 47.2 Å². The second-order valence-corrected chi connectivity index (χ2v) is 6.15. The zero-order chi connectivity index (χ0) is 16.8. The number of rotatable bonds is 8. The zero-order valence-corrected chi connectivity index (χ0v) is 14.0. The molecule has 3 nitrogen and oxygen atoms in total. The summed E-state index contributed by atoms with van der Waals surface area (Å²) in [6.07, 6.45) is 2.86. The highest BCUT2D eigenvalue weighted by Crippen LogP contribution is 2.19. The Morgan fingerprint density at radius 3 is 2.70 bits per heavy atom. The molecule has 2 rings (SSSR count). The van der Waals surface area contributed by atoms with Crippen LogP contribution in [0.5, 0.6) is 5.88 Å². The first kappa shape index (κ1) is 17.4. The van der Waals surface area contributed by atoms with Crippen molar-refractivity contribution in [2.75, 3.05) is 0 Å². The number of nitrogens with zero attached hydrogens (tertiary/aromatic N) is 2. The predicted octanol–water partition coefficient (Wildman–Crippen LogP) is 4.74. The van der Waals surface area contributed by atoms with Crippen LogP contribution in [0.3, 0.4) is 0 Å². The number of benzene rings is 1. The summed E-state index contributed by atoms with van der Waals surface area (Å²) in [5.41, 5.74) is 1.17. The van der Waals surface area contributed by atoms with E-state index < -0.39 is 11.6 Å². The molecule has 1 aromatic heterocycles. The lowest BCUT2D eigenvalue weighted by Crippen LogP contribution is -2.08. The Bertz CT molecular complexity index is 638. The van der Waals surface area contributed by atoms with Gasteiger partial charge < -0.3 is 4.74 Å². The molecule has 0 aliphatic carbocycles. The van der Waals surface area contributed by atoms with Gasteiger partial charge in [-0.3, -0.25) is 0 Å². The maximum Gasteiger partial charge on any atom is 0.212 e. The molecule has 1 aromatic carbocycles. The maximum absolute atomic E-state index is 13.7. The van der Waals surface area contributed by atoms with Gasteiger partial charge in [-0.15, -0.1) is 0 Å². The second kappa shape index (κ2) is 8.09. The summed E-state index contributed by atoms with van der Waals surface area (Å²) in [5, 5.41) is 4.55. The van der Waals surface area contributed by atoms with Crippen molar-refractivity contribution in [2.45, 2.75) is 53.2 Å². The van der Waals surface area contributed by atoms with Gasteiger partial charge in [0.1, 0.15) is 18.2 Å². The van der Waals surface area contributed by atoms with E-state index >= 15 is 0 Å². The Morgan fingerprint density at radius 2 is 2.00 bits per heavy atom. The van der Waals surface area contributed by atoms with Crippen LogP contribution < -0.4 is 4.74 Å². The number of hydrogen-bond donors (Lipinski definition) is 0. The van der Waals surface area contributed by atoms with Gasteiger partial charge in [0, 0.05) is 18.2 Å². The third kappa shape index (κ3) is 5.05. The van der Waals surface area contributed by atoms with Crippen LogP contribution in [0.25, 0.3) is 0 Å². The molecule has 1 heterocycles. The Hall–Kier alpha value is -1.91. The molecule has 5 heteroatoms. The van der Waals surface area contributed by atoms with Gasteiger partial charge in [-0.2, -0.15) is 5.10 Å². The summed E-state index contributed by atoms with van der Waals surface area (Å²) in [6, 6.07) is 5.27. The first-order chi connectivity index (χ1) is 11.0. The van der Waals surface area contributed by atoms with Gasteiger partial charge in [0.25, 0.3) is 0 Å². The van der Waals surface area contributed by atoms with Crippen LogP contribution in [0.1, 0.15) is 44.9 Å². The fraction of sp³-hybridized carbons (Fsp3) is 0.500. The molecule has 0 saturated heterocycles. The molecular weight excluding hydrogens is 298 g/mol. The summed E-state index contributed by atoms with van der Waals surface area (Å²) in [4.78, 5) is 0. The van der Waals surface area contributed by atoms with Crippen LogP contribution in [-0.4, -0.2) is 9.78 Å². The highest BCUT2D eigenvalue weighted by molar-refractivity contribution is 5.20. The smallest absolute Gasteiger partial charge is 0.212 e. The number of aryl methyl sites for hydroxylation is 2. The van der Waals surface area contributed by atoms with Gasteiger partial charge in [0.2, 0.25) is 5.88 Å². The van der Waals surface area contributed by atoms with E-state index in [0.717, 1.165) is 49.7 Å². The molecule has 126 valence electrons. The maximum atomic E-state index is 13.7. The Labute approximate surface area is 136 Å². The molecule has 0 aliphatic heterocycles. The second-order valence-electron chi connectivity index (χ2n) is 6.15. The third-order valence-electron chi connectivity index (χ3n) is 3.60. The number of ether oxygens (including phenoxy) is 1. The lowest BCUT2D eigenvalue weighted by Gasteiger charge is -2.11. The molecule has 0 saturated carbocycles. The van der Waals surface area contributed by atoms with E-state index in [2.05, 4.69) is 25.9 Å². The Kier molecular flexibility index (Phi) is 6.13.